The molecule has 0 fully saturated rings. The second kappa shape index (κ2) is 7.47. The van der Waals surface area contributed by atoms with Crippen LogP contribution >= 0.6 is 27.3 Å². The number of hydrogen-bond acceptors (Lipinski definition) is 5. The summed E-state index contributed by atoms with van der Waals surface area (Å²) in [5.41, 5.74) is 0.752. The van der Waals surface area contributed by atoms with Gasteiger partial charge in [-0.15, -0.1) is 11.3 Å². The molecule has 4 nitrogen and oxygen atoms in total. The topological polar surface area (TPSA) is 47.6 Å². The number of ether oxygens (including phenoxy) is 2. The summed E-state index contributed by atoms with van der Waals surface area (Å²) in [4.78, 5) is 13.1. The lowest BCUT2D eigenvalue weighted by atomic mass is 10.2. The molecule has 0 radical (unpaired) electrons. The van der Waals surface area contributed by atoms with Gasteiger partial charge in [-0.1, -0.05) is 12.1 Å². The maximum Gasteiger partial charge on any atom is 0.334 e. The van der Waals surface area contributed by atoms with Gasteiger partial charge in [0.15, 0.2) is 6.04 Å². The third-order valence-corrected chi connectivity index (χ3v) is 4.56. The van der Waals surface area contributed by atoms with E-state index in [-0.39, 0.29) is 5.97 Å². The molecular weight excluding hydrogens is 354 g/mol. The molecule has 0 saturated carbocycles. The molecule has 0 saturated heterocycles. The molecule has 2 aromatic rings. The SMILES string of the molecule is CCOC(=O)C(Nc1ccccc1OC)c1cc(Br)cs1. The molecule has 2 rings (SSSR count). The van der Waals surface area contributed by atoms with Crippen LogP contribution in [0.1, 0.15) is 17.8 Å². The summed E-state index contributed by atoms with van der Waals surface area (Å²) in [6.45, 7) is 2.14. The van der Waals surface area contributed by atoms with Gasteiger partial charge in [-0.3, -0.25) is 0 Å². The van der Waals surface area contributed by atoms with Crippen molar-refractivity contribution in [3.8, 4) is 5.75 Å². The molecule has 0 aliphatic rings. The van der Waals surface area contributed by atoms with E-state index in [1.165, 1.54) is 11.3 Å². The van der Waals surface area contributed by atoms with Crippen LogP contribution in [0.2, 0.25) is 0 Å². The quantitative estimate of drug-likeness (QED) is 0.773. The largest absolute Gasteiger partial charge is 0.495 e. The van der Waals surface area contributed by atoms with Gasteiger partial charge in [0, 0.05) is 14.7 Å². The van der Waals surface area contributed by atoms with Crippen LogP contribution in [-0.2, 0) is 9.53 Å². The van der Waals surface area contributed by atoms with Crippen molar-refractivity contribution >= 4 is 38.9 Å². The van der Waals surface area contributed by atoms with Crippen LogP contribution in [-0.4, -0.2) is 19.7 Å². The van der Waals surface area contributed by atoms with Crippen molar-refractivity contribution in [3.05, 3.63) is 45.1 Å². The van der Waals surface area contributed by atoms with Crippen LogP contribution in [0.15, 0.2) is 40.2 Å². The fourth-order valence-electron chi connectivity index (χ4n) is 1.87. The molecule has 112 valence electrons. The maximum atomic E-state index is 12.2. The molecule has 0 bridgehead atoms. The number of carbonyl (C=O) groups excluding carboxylic acids is 1. The van der Waals surface area contributed by atoms with Crippen LogP contribution in [0.3, 0.4) is 0 Å². The maximum absolute atomic E-state index is 12.2. The molecule has 1 heterocycles. The van der Waals surface area contributed by atoms with Gasteiger partial charge in [0.2, 0.25) is 0 Å². The van der Waals surface area contributed by atoms with Gasteiger partial charge in [0.05, 0.1) is 19.4 Å². The van der Waals surface area contributed by atoms with Crippen molar-refractivity contribution in [1.29, 1.82) is 0 Å². The summed E-state index contributed by atoms with van der Waals surface area (Å²) in [5, 5.41) is 5.14. The van der Waals surface area contributed by atoms with E-state index < -0.39 is 6.04 Å². The van der Waals surface area contributed by atoms with Crippen molar-refractivity contribution in [2.45, 2.75) is 13.0 Å². The van der Waals surface area contributed by atoms with Crippen LogP contribution in [0.5, 0.6) is 5.75 Å². The van der Waals surface area contributed by atoms with Gasteiger partial charge in [-0.2, -0.15) is 0 Å². The van der Waals surface area contributed by atoms with Crippen molar-refractivity contribution < 1.29 is 14.3 Å². The minimum atomic E-state index is -0.558. The minimum Gasteiger partial charge on any atom is -0.495 e. The molecular formula is C15H16BrNO3S. The Balaban J connectivity index is 2.29. The van der Waals surface area contributed by atoms with Crippen LogP contribution in [0.4, 0.5) is 5.69 Å². The molecule has 1 unspecified atom stereocenters. The summed E-state index contributed by atoms with van der Waals surface area (Å²) in [6, 6.07) is 8.83. The Morgan fingerprint density at radius 2 is 2.19 bits per heavy atom. The summed E-state index contributed by atoms with van der Waals surface area (Å²) in [6.07, 6.45) is 0. The molecule has 1 N–H and O–H groups in total. The number of thiophene rings is 1. The Morgan fingerprint density at radius 1 is 1.43 bits per heavy atom. The molecule has 0 spiro atoms. The van der Waals surface area contributed by atoms with Gasteiger partial charge >= 0.3 is 5.97 Å². The number of carbonyl (C=O) groups is 1. The van der Waals surface area contributed by atoms with E-state index in [0.29, 0.717) is 12.4 Å². The summed E-state index contributed by atoms with van der Waals surface area (Å²) in [5.74, 6) is 0.375. The second-order valence-electron chi connectivity index (χ2n) is 4.20. The number of para-hydroxylation sites is 2. The first-order chi connectivity index (χ1) is 10.2. The molecule has 1 aromatic carbocycles. The normalized spacial score (nSPS) is 11.8. The first-order valence-corrected chi connectivity index (χ1v) is 8.13. The van der Waals surface area contributed by atoms with Gasteiger partial charge < -0.3 is 14.8 Å². The Kier molecular flexibility index (Phi) is 5.64. The smallest absolute Gasteiger partial charge is 0.334 e. The molecule has 0 aliphatic carbocycles. The molecule has 1 atom stereocenters. The summed E-state index contributed by atoms with van der Waals surface area (Å²) in [7, 11) is 1.60. The zero-order chi connectivity index (χ0) is 15.2. The fourth-order valence-corrected chi connectivity index (χ4v) is 3.35. The second-order valence-corrected chi connectivity index (χ2v) is 6.06. The highest BCUT2D eigenvalue weighted by molar-refractivity contribution is 9.10. The number of halogens is 1. The number of rotatable bonds is 6. The van der Waals surface area contributed by atoms with Crippen LogP contribution < -0.4 is 10.1 Å². The van der Waals surface area contributed by atoms with Gasteiger partial charge in [0.25, 0.3) is 0 Å². The predicted molar refractivity (Wildman–Crippen MR) is 88.0 cm³/mol. The minimum absolute atomic E-state index is 0.308. The van der Waals surface area contributed by atoms with Crippen molar-refractivity contribution in [3.63, 3.8) is 0 Å². The number of methoxy groups -OCH3 is 1. The van der Waals surface area contributed by atoms with Crippen molar-refractivity contribution in [1.82, 2.24) is 0 Å². The molecule has 0 aliphatic heterocycles. The van der Waals surface area contributed by atoms with Gasteiger partial charge in [0.1, 0.15) is 5.75 Å². The predicted octanol–water partition coefficient (Wildman–Crippen LogP) is 4.24. The molecule has 6 heteroatoms. The highest BCUT2D eigenvalue weighted by Crippen LogP contribution is 2.32. The lowest BCUT2D eigenvalue weighted by Crippen LogP contribution is -2.22. The van der Waals surface area contributed by atoms with Crippen LogP contribution in [0, 0.1) is 0 Å². The Hall–Kier alpha value is -1.53. The van der Waals surface area contributed by atoms with E-state index in [1.807, 2.05) is 35.7 Å². The highest BCUT2D eigenvalue weighted by Gasteiger charge is 2.24. The third kappa shape index (κ3) is 3.98. The lowest BCUT2D eigenvalue weighted by Gasteiger charge is -2.18. The number of anilines is 1. The lowest BCUT2D eigenvalue weighted by molar-refractivity contribution is -0.144. The van der Waals surface area contributed by atoms with Gasteiger partial charge in [-0.25, -0.2) is 4.79 Å². The van der Waals surface area contributed by atoms with E-state index in [4.69, 9.17) is 9.47 Å². The third-order valence-electron chi connectivity index (χ3n) is 2.80. The standard InChI is InChI=1S/C15H16BrNO3S/c1-3-20-15(18)14(13-8-10(16)9-21-13)17-11-6-4-5-7-12(11)19-2/h4-9,14,17H,3H2,1-2H3. The molecule has 1 aromatic heterocycles. The van der Waals surface area contributed by atoms with Gasteiger partial charge in [-0.05, 0) is 41.1 Å². The summed E-state index contributed by atoms with van der Waals surface area (Å²) < 4.78 is 11.4. The van der Waals surface area contributed by atoms with Crippen molar-refractivity contribution in [2.75, 3.05) is 19.0 Å². The molecule has 21 heavy (non-hydrogen) atoms. The number of hydrogen-bond donors (Lipinski definition) is 1. The average Bonchev–Trinajstić information content (AvgIpc) is 2.91. The van der Waals surface area contributed by atoms with Crippen molar-refractivity contribution in [2.24, 2.45) is 0 Å². The van der Waals surface area contributed by atoms with E-state index in [1.54, 1.807) is 14.0 Å². The van der Waals surface area contributed by atoms with E-state index >= 15 is 0 Å². The monoisotopic (exact) mass is 369 g/mol. The first kappa shape index (κ1) is 15.9. The number of benzene rings is 1. The fraction of sp³-hybridized carbons (Fsp3) is 0.267. The number of esters is 1. The molecule has 0 amide bonds. The Bertz CT molecular complexity index is 614. The highest BCUT2D eigenvalue weighted by atomic mass is 79.9. The van der Waals surface area contributed by atoms with Crippen LogP contribution in [0.25, 0.3) is 0 Å². The van der Waals surface area contributed by atoms with E-state index in [0.717, 1.165) is 15.0 Å². The number of nitrogens with one attached hydrogen (secondary N) is 1. The first-order valence-electron chi connectivity index (χ1n) is 6.45. The summed E-state index contributed by atoms with van der Waals surface area (Å²) >= 11 is 4.90. The Labute approximate surface area is 136 Å². The van der Waals surface area contributed by atoms with E-state index in [9.17, 15) is 4.79 Å². The zero-order valence-electron chi connectivity index (χ0n) is 11.8. The van der Waals surface area contributed by atoms with E-state index in [2.05, 4.69) is 21.2 Å². The zero-order valence-corrected chi connectivity index (χ0v) is 14.2. The Morgan fingerprint density at radius 3 is 2.81 bits per heavy atom. The average molecular weight is 370 g/mol.